The van der Waals surface area contributed by atoms with Gasteiger partial charge in [0.25, 0.3) is 0 Å². The Balaban J connectivity index is 1.66. The van der Waals surface area contributed by atoms with Gasteiger partial charge in [0.05, 0.1) is 23.9 Å². The van der Waals surface area contributed by atoms with Crippen LogP contribution in [0.2, 0.25) is 0 Å². The minimum atomic E-state index is -3.82. The molecule has 31 heavy (non-hydrogen) atoms. The molecule has 3 aromatic rings. The fourth-order valence-electron chi connectivity index (χ4n) is 3.22. The molecule has 1 saturated heterocycles. The van der Waals surface area contributed by atoms with Crippen molar-refractivity contribution in [2.75, 3.05) is 32.1 Å². The van der Waals surface area contributed by atoms with Crippen LogP contribution in [0.1, 0.15) is 5.56 Å². The highest BCUT2D eigenvalue weighted by atomic mass is 32.2. The Bertz CT molecular complexity index is 1150. The van der Waals surface area contributed by atoms with E-state index in [-0.39, 0.29) is 21.6 Å². The molecule has 9 heteroatoms. The lowest BCUT2D eigenvalue weighted by Crippen LogP contribution is -2.41. The van der Waals surface area contributed by atoms with E-state index in [0.29, 0.717) is 37.2 Å². The molecule has 1 aliphatic rings. The summed E-state index contributed by atoms with van der Waals surface area (Å²) in [5.74, 6) is 0.502. The van der Waals surface area contributed by atoms with Crippen LogP contribution in [0.15, 0.2) is 69.5 Å². The van der Waals surface area contributed by atoms with E-state index in [9.17, 15) is 13.2 Å². The van der Waals surface area contributed by atoms with Crippen molar-refractivity contribution in [1.29, 1.82) is 0 Å². The maximum atomic E-state index is 13.3. The quantitative estimate of drug-likeness (QED) is 0.572. The third-order valence-corrected chi connectivity index (χ3v) is 7.80. The van der Waals surface area contributed by atoms with Gasteiger partial charge >= 0.3 is 0 Å². The number of nitrogens with zero attached hydrogens (tertiary/aromatic N) is 2. The molecule has 162 valence electrons. The molecule has 1 fully saturated rings. The maximum Gasteiger partial charge on any atom is 0.233 e. The summed E-state index contributed by atoms with van der Waals surface area (Å²) in [4.78, 5) is 22.0. The van der Waals surface area contributed by atoms with Crippen LogP contribution in [0.25, 0.3) is 11.4 Å². The first-order chi connectivity index (χ1) is 14.9. The molecule has 0 aliphatic carbocycles. The second-order valence-electron chi connectivity index (χ2n) is 7.18. The number of morpholine rings is 1. The largest absolute Gasteiger partial charge is 0.378 e. The third-order valence-electron chi connectivity index (χ3n) is 4.98. The van der Waals surface area contributed by atoms with E-state index < -0.39 is 9.84 Å². The fraction of sp³-hybridized carbons (Fsp3) is 0.273. The number of hydrogen-bond donors (Lipinski definition) is 1. The first-order valence-corrected chi connectivity index (χ1v) is 12.4. The van der Waals surface area contributed by atoms with Crippen molar-refractivity contribution in [2.45, 2.75) is 21.9 Å². The van der Waals surface area contributed by atoms with Gasteiger partial charge in [0, 0.05) is 18.7 Å². The fourth-order valence-corrected chi connectivity index (χ4v) is 5.77. The number of carbonyl (C=O) groups is 1. The number of nitrogens with one attached hydrogen (secondary N) is 1. The van der Waals surface area contributed by atoms with Gasteiger partial charge in [-0.1, -0.05) is 59.8 Å². The molecule has 2 heterocycles. The Morgan fingerprint density at radius 2 is 1.77 bits per heavy atom. The van der Waals surface area contributed by atoms with Gasteiger partial charge in [0.2, 0.25) is 15.7 Å². The Morgan fingerprint density at radius 3 is 2.45 bits per heavy atom. The summed E-state index contributed by atoms with van der Waals surface area (Å²) in [6, 6.07) is 15.9. The molecule has 0 radical (unpaired) electrons. The molecule has 0 saturated carbocycles. The molecule has 1 aliphatic heterocycles. The molecule has 7 nitrogen and oxygen atoms in total. The minimum absolute atomic E-state index is 0.00838. The number of hydrogen-bond acceptors (Lipinski definition) is 6. The van der Waals surface area contributed by atoms with E-state index in [1.807, 2.05) is 31.2 Å². The zero-order valence-electron chi connectivity index (χ0n) is 17.1. The molecular formula is C22H23N3O4S2. The number of aromatic amines is 1. The van der Waals surface area contributed by atoms with Gasteiger partial charge in [0.15, 0.2) is 5.03 Å². The lowest BCUT2D eigenvalue weighted by molar-refractivity contribution is -0.132. The SMILES string of the molecule is Cc1ccc(-c2nc(SCC(=O)N3CCOCC3)c(S(=O)(=O)c3ccccc3)[nH]2)cc1. The summed E-state index contributed by atoms with van der Waals surface area (Å²) in [6.07, 6.45) is 0. The van der Waals surface area contributed by atoms with Crippen LogP contribution in [-0.2, 0) is 19.4 Å². The zero-order valence-corrected chi connectivity index (χ0v) is 18.7. The van der Waals surface area contributed by atoms with Crippen LogP contribution >= 0.6 is 11.8 Å². The number of ether oxygens (including phenoxy) is 1. The van der Waals surface area contributed by atoms with Crippen molar-refractivity contribution in [2.24, 2.45) is 0 Å². The Kier molecular flexibility index (Phi) is 6.45. The molecule has 4 rings (SSSR count). The highest BCUT2D eigenvalue weighted by Crippen LogP contribution is 2.32. The third kappa shape index (κ3) is 4.84. The zero-order chi connectivity index (χ0) is 21.8. The highest BCUT2D eigenvalue weighted by molar-refractivity contribution is 8.00. The first kappa shape index (κ1) is 21.6. The number of aryl methyl sites for hydroxylation is 1. The standard InChI is InChI=1S/C22H23N3O4S2/c1-16-7-9-17(10-8-16)20-23-21(30-15-19(26)25-11-13-29-14-12-25)22(24-20)31(27,28)18-5-3-2-4-6-18/h2-10H,11-15H2,1H3,(H,23,24). The maximum absolute atomic E-state index is 13.3. The van der Waals surface area contributed by atoms with Crippen LogP contribution in [-0.4, -0.2) is 61.2 Å². The van der Waals surface area contributed by atoms with Crippen LogP contribution < -0.4 is 0 Å². The van der Waals surface area contributed by atoms with E-state index in [1.54, 1.807) is 35.2 Å². The van der Waals surface area contributed by atoms with Crippen molar-refractivity contribution in [3.63, 3.8) is 0 Å². The van der Waals surface area contributed by atoms with Crippen molar-refractivity contribution in [1.82, 2.24) is 14.9 Å². The number of imidazole rings is 1. The number of carbonyl (C=O) groups excluding carboxylic acids is 1. The average molecular weight is 458 g/mol. The minimum Gasteiger partial charge on any atom is -0.378 e. The summed E-state index contributed by atoms with van der Waals surface area (Å²) in [7, 11) is -3.82. The number of thioether (sulfide) groups is 1. The second kappa shape index (κ2) is 9.25. The van der Waals surface area contributed by atoms with Gasteiger partial charge in [-0.25, -0.2) is 13.4 Å². The Morgan fingerprint density at radius 1 is 1.10 bits per heavy atom. The lowest BCUT2D eigenvalue weighted by atomic mass is 10.1. The molecule has 0 unspecified atom stereocenters. The van der Waals surface area contributed by atoms with E-state index >= 15 is 0 Å². The molecular weight excluding hydrogens is 434 g/mol. The number of rotatable bonds is 6. The first-order valence-electron chi connectivity index (χ1n) is 9.90. The van der Waals surface area contributed by atoms with Crippen molar-refractivity contribution < 1.29 is 17.9 Å². The van der Waals surface area contributed by atoms with E-state index in [2.05, 4.69) is 9.97 Å². The smallest absolute Gasteiger partial charge is 0.233 e. The summed E-state index contributed by atoms with van der Waals surface area (Å²) in [5, 5.41) is 0.301. The molecule has 2 aromatic carbocycles. The summed E-state index contributed by atoms with van der Waals surface area (Å²) >= 11 is 1.14. The van der Waals surface area contributed by atoms with Gasteiger partial charge in [-0.3, -0.25) is 4.79 Å². The van der Waals surface area contributed by atoms with Crippen LogP contribution in [0.4, 0.5) is 0 Å². The summed E-state index contributed by atoms with van der Waals surface area (Å²) in [5.41, 5.74) is 1.87. The van der Waals surface area contributed by atoms with Gasteiger partial charge in [-0.15, -0.1) is 0 Å². The van der Waals surface area contributed by atoms with Crippen LogP contribution in [0, 0.1) is 6.92 Å². The molecule has 1 amide bonds. The van der Waals surface area contributed by atoms with Gasteiger partial charge in [0.1, 0.15) is 10.9 Å². The molecule has 1 aromatic heterocycles. The number of amides is 1. The lowest BCUT2D eigenvalue weighted by Gasteiger charge is -2.26. The van der Waals surface area contributed by atoms with Crippen LogP contribution in [0.5, 0.6) is 0 Å². The summed E-state index contributed by atoms with van der Waals surface area (Å²) in [6.45, 7) is 4.11. The second-order valence-corrected chi connectivity index (χ2v) is 10.0. The van der Waals surface area contributed by atoms with Crippen molar-refractivity contribution in [3.05, 3.63) is 60.2 Å². The highest BCUT2D eigenvalue weighted by Gasteiger charge is 2.27. The van der Waals surface area contributed by atoms with Gasteiger partial charge in [-0.2, -0.15) is 0 Å². The molecule has 1 N–H and O–H groups in total. The Labute approximate surface area is 185 Å². The van der Waals surface area contributed by atoms with Gasteiger partial charge in [-0.05, 0) is 19.1 Å². The number of H-pyrrole nitrogens is 1. The molecule has 0 spiro atoms. The van der Waals surface area contributed by atoms with Crippen molar-refractivity contribution in [3.8, 4) is 11.4 Å². The van der Waals surface area contributed by atoms with Crippen molar-refractivity contribution >= 4 is 27.5 Å². The van der Waals surface area contributed by atoms with E-state index in [1.165, 1.54) is 0 Å². The predicted octanol–water partition coefficient (Wildman–Crippen LogP) is 3.17. The van der Waals surface area contributed by atoms with Gasteiger partial charge < -0.3 is 14.6 Å². The number of sulfone groups is 1. The van der Waals surface area contributed by atoms with E-state index in [4.69, 9.17) is 4.74 Å². The monoisotopic (exact) mass is 457 g/mol. The van der Waals surface area contributed by atoms with E-state index in [0.717, 1.165) is 22.9 Å². The topological polar surface area (TPSA) is 92.4 Å². The number of benzene rings is 2. The Hall–Kier alpha value is -2.62. The normalized spacial score (nSPS) is 14.5. The average Bonchev–Trinajstić information content (AvgIpc) is 3.24. The predicted molar refractivity (Wildman–Crippen MR) is 119 cm³/mol. The molecule has 0 bridgehead atoms. The van der Waals surface area contributed by atoms with Crippen LogP contribution in [0.3, 0.4) is 0 Å². The molecule has 0 atom stereocenters. The number of aromatic nitrogens is 2. The summed E-state index contributed by atoms with van der Waals surface area (Å²) < 4.78 is 31.9.